The molecule has 1 aromatic rings. The summed E-state index contributed by atoms with van der Waals surface area (Å²) < 4.78 is 27.4. The fourth-order valence-corrected chi connectivity index (χ4v) is 2.09. The lowest BCUT2D eigenvalue weighted by Crippen LogP contribution is -2.39. The first-order valence-corrected chi connectivity index (χ1v) is 7.92. The Balaban J connectivity index is 2.76. The van der Waals surface area contributed by atoms with Gasteiger partial charge in [0.1, 0.15) is 6.04 Å². The number of nitrogens with one attached hydrogen (secondary N) is 1. The fourth-order valence-electron chi connectivity index (χ4n) is 1.46. The van der Waals surface area contributed by atoms with Crippen LogP contribution in [0, 0.1) is 0 Å². The zero-order valence-corrected chi connectivity index (χ0v) is 12.4. The second-order valence-electron chi connectivity index (χ2n) is 4.24. The van der Waals surface area contributed by atoms with E-state index in [0.717, 1.165) is 6.26 Å². The molecule has 0 aromatic heterocycles. The highest BCUT2D eigenvalue weighted by atomic mass is 32.2. The molecule has 0 saturated heterocycles. The first kappa shape index (κ1) is 16.2. The van der Waals surface area contributed by atoms with Crippen LogP contribution in [-0.4, -0.2) is 39.2 Å². The van der Waals surface area contributed by atoms with Gasteiger partial charge in [0, 0.05) is 11.8 Å². The third-order valence-electron chi connectivity index (χ3n) is 2.53. The van der Waals surface area contributed by atoms with E-state index in [1.165, 1.54) is 31.2 Å². The molecule has 1 N–H and O–H groups in total. The van der Waals surface area contributed by atoms with Gasteiger partial charge in [-0.1, -0.05) is 0 Å². The molecule has 1 unspecified atom stereocenters. The van der Waals surface area contributed by atoms with Crippen LogP contribution in [0.15, 0.2) is 29.2 Å². The second-order valence-corrected chi connectivity index (χ2v) is 6.26. The van der Waals surface area contributed by atoms with Crippen molar-refractivity contribution in [3.8, 4) is 0 Å². The normalized spacial score (nSPS) is 12.6. The van der Waals surface area contributed by atoms with Crippen LogP contribution in [0.3, 0.4) is 0 Å². The number of rotatable bonds is 5. The number of ether oxygens (including phenoxy) is 1. The summed E-state index contributed by atoms with van der Waals surface area (Å²) in [5.41, 5.74) is 0.272. The van der Waals surface area contributed by atoms with Crippen molar-refractivity contribution in [2.45, 2.75) is 24.8 Å². The Labute approximate surface area is 118 Å². The Morgan fingerprint density at radius 3 is 2.25 bits per heavy atom. The lowest BCUT2D eigenvalue weighted by atomic mass is 10.2. The molecular weight excluding hydrogens is 282 g/mol. The zero-order valence-electron chi connectivity index (χ0n) is 11.5. The first-order valence-electron chi connectivity index (χ1n) is 6.03. The predicted molar refractivity (Wildman–Crippen MR) is 73.1 cm³/mol. The molecule has 0 spiro atoms. The number of benzene rings is 1. The van der Waals surface area contributed by atoms with E-state index in [-0.39, 0.29) is 17.1 Å². The van der Waals surface area contributed by atoms with Crippen LogP contribution < -0.4 is 5.32 Å². The number of hydrogen-bond acceptors (Lipinski definition) is 5. The van der Waals surface area contributed by atoms with Crippen molar-refractivity contribution in [1.82, 2.24) is 5.32 Å². The number of carbonyl (C=O) groups excluding carboxylic acids is 2. The van der Waals surface area contributed by atoms with Crippen LogP contribution in [-0.2, 0) is 19.4 Å². The molecule has 1 amide bonds. The Morgan fingerprint density at radius 1 is 1.25 bits per heavy atom. The third kappa shape index (κ3) is 4.34. The topological polar surface area (TPSA) is 89.5 Å². The van der Waals surface area contributed by atoms with Crippen molar-refractivity contribution in [2.75, 3.05) is 12.9 Å². The van der Waals surface area contributed by atoms with Gasteiger partial charge in [-0.3, -0.25) is 4.79 Å². The van der Waals surface area contributed by atoms with Gasteiger partial charge in [-0.05, 0) is 38.1 Å². The average molecular weight is 299 g/mol. The molecule has 0 bridgehead atoms. The van der Waals surface area contributed by atoms with E-state index in [1.54, 1.807) is 6.92 Å². The van der Waals surface area contributed by atoms with Gasteiger partial charge in [0.25, 0.3) is 5.91 Å². The maximum absolute atomic E-state index is 11.9. The van der Waals surface area contributed by atoms with Gasteiger partial charge in [0.2, 0.25) is 0 Å². The van der Waals surface area contributed by atoms with Gasteiger partial charge >= 0.3 is 5.97 Å². The van der Waals surface area contributed by atoms with Gasteiger partial charge in [-0.15, -0.1) is 0 Å². The molecule has 1 atom stereocenters. The standard InChI is InChI=1S/C13H17NO5S/c1-4-19-13(16)9(2)14-12(15)10-5-7-11(8-6-10)20(3,17)18/h5-9H,4H2,1-3H3,(H,14,15). The van der Waals surface area contributed by atoms with Gasteiger partial charge < -0.3 is 10.1 Å². The van der Waals surface area contributed by atoms with Gasteiger partial charge in [-0.2, -0.15) is 0 Å². The largest absolute Gasteiger partial charge is 0.464 e. The molecule has 0 heterocycles. The molecule has 0 aliphatic carbocycles. The molecule has 0 aliphatic heterocycles. The minimum atomic E-state index is -3.29. The van der Waals surface area contributed by atoms with Gasteiger partial charge in [0.15, 0.2) is 9.84 Å². The highest BCUT2D eigenvalue weighted by molar-refractivity contribution is 7.90. The van der Waals surface area contributed by atoms with Gasteiger partial charge in [-0.25, -0.2) is 13.2 Å². The second kappa shape index (κ2) is 6.51. The number of esters is 1. The van der Waals surface area contributed by atoms with E-state index in [4.69, 9.17) is 4.74 Å². The van der Waals surface area contributed by atoms with Crippen molar-refractivity contribution < 1.29 is 22.7 Å². The van der Waals surface area contributed by atoms with Crippen molar-refractivity contribution >= 4 is 21.7 Å². The van der Waals surface area contributed by atoms with E-state index in [0.29, 0.717) is 0 Å². The van der Waals surface area contributed by atoms with Crippen LogP contribution in [0.5, 0.6) is 0 Å². The summed E-state index contributed by atoms with van der Waals surface area (Å²) in [7, 11) is -3.29. The van der Waals surface area contributed by atoms with Crippen molar-refractivity contribution in [2.24, 2.45) is 0 Å². The number of sulfone groups is 1. The molecule has 1 aromatic carbocycles. The van der Waals surface area contributed by atoms with Crippen LogP contribution in [0.1, 0.15) is 24.2 Å². The molecular formula is C13H17NO5S. The zero-order chi connectivity index (χ0) is 15.3. The minimum absolute atomic E-state index is 0.132. The smallest absolute Gasteiger partial charge is 0.328 e. The van der Waals surface area contributed by atoms with Crippen molar-refractivity contribution in [1.29, 1.82) is 0 Å². The van der Waals surface area contributed by atoms with E-state index < -0.39 is 27.8 Å². The maximum atomic E-state index is 11.9. The SMILES string of the molecule is CCOC(=O)C(C)NC(=O)c1ccc(S(C)(=O)=O)cc1. The fraction of sp³-hybridized carbons (Fsp3) is 0.385. The number of amides is 1. The Hall–Kier alpha value is -1.89. The lowest BCUT2D eigenvalue weighted by Gasteiger charge is -2.12. The average Bonchev–Trinajstić information content (AvgIpc) is 2.38. The molecule has 0 aliphatic rings. The van der Waals surface area contributed by atoms with Crippen LogP contribution in [0.4, 0.5) is 0 Å². The highest BCUT2D eigenvalue weighted by Crippen LogP contribution is 2.10. The molecule has 1 rings (SSSR count). The molecule has 6 nitrogen and oxygen atoms in total. The highest BCUT2D eigenvalue weighted by Gasteiger charge is 2.17. The Bertz CT molecular complexity index is 592. The van der Waals surface area contributed by atoms with E-state index in [9.17, 15) is 18.0 Å². The molecule has 0 fully saturated rings. The molecule has 110 valence electrons. The monoisotopic (exact) mass is 299 g/mol. The minimum Gasteiger partial charge on any atom is -0.464 e. The van der Waals surface area contributed by atoms with E-state index in [2.05, 4.69) is 5.32 Å². The van der Waals surface area contributed by atoms with Crippen LogP contribution >= 0.6 is 0 Å². The summed E-state index contributed by atoms with van der Waals surface area (Å²) in [5.74, 6) is -0.987. The summed E-state index contributed by atoms with van der Waals surface area (Å²) in [4.78, 5) is 23.4. The molecule has 7 heteroatoms. The summed E-state index contributed by atoms with van der Waals surface area (Å²) in [5, 5.41) is 2.48. The quantitative estimate of drug-likeness (QED) is 0.811. The Kier molecular flexibility index (Phi) is 5.26. The van der Waals surface area contributed by atoms with Crippen LogP contribution in [0.2, 0.25) is 0 Å². The first-order chi connectivity index (χ1) is 9.25. The van der Waals surface area contributed by atoms with Gasteiger partial charge in [0.05, 0.1) is 11.5 Å². The number of carbonyl (C=O) groups is 2. The lowest BCUT2D eigenvalue weighted by molar-refractivity contribution is -0.144. The van der Waals surface area contributed by atoms with Crippen molar-refractivity contribution in [3.05, 3.63) is 29.8 Å². The molecule has 20 heavy (non-hydrogen) atoms. The molecule has 0 radical (unpaired) electrons. The van der Waals surface area contributed by atoms with Crippen molar-refractivity contribution in [3.63, 3.8) is 0 Å². The molecule has 0 saturated carbocycles. The Morgan fingerprint density at radius 2 is 1.80 bits per heavy atom. The predicted octanol–water partition coefficient (Wildman–Crippen LogP) is 0.772. The number of hydrogen-bond donors (Lipinski definition) is 1. The third-order valence-corrected chi connectivity index (χ3v) is 3.66. The summed E-state index contributed by atoms with van der Waals surface area (Å²) in [6, 6.07) is 4.71. The van der Waals surface area contributed by atoms with E-state index >= 15 is 0 Å². The summed E-state index contributed by atoms with van der Waals surface area (Å²) >= 11 is 0. The summed E-state index contributed by atoms with van der Waals surface area (Å²) in [6.45, 7) is 3.43. The van der Waals surface area contributed by atoms with E-state index in [1.807, 2.05) is 0 Å². The summed E-state index contributed by atoms with van der Waals surface area (Å²) in [6.07, 6.45) is 1.09. The van der Waals surface area contributed by atoms with Crippen LogP contribution in [0.25, 0.3) is 0 Å². The maximum Gasteiger partial charge on any atom is 0.328 e.